The van der Waals surface area contributed by atoms with E-state index in [2.05, 4.69) is 4.98 Å². The molecule has 1 unspecified atom stereocenters. The zero-order chi connectivity index (χ0) is 14.5. The lowest BCUT2D eigenvalue weighted by Gasteiger charge is -2.14. The molecule has 1 aromatic heterocycles. The first kappa shape index (κ1) is 14.0. The van der Waals surface area contributed by atoms with Gasteiger partial charge in [0.05, 0.1) is 6.10 Å². The molecule has 0 amide bonds. The van der Waals surface area contributed by atoms with E-state index in [1.807, 2.05) is 31.2 Å². The summed E-state index contributed by atoms with van der Waals surface area (Å²) in [5.74, 6) is 0.654. The molecule has 0 fully saturated rings. The summed E-state index contributed by atoms with van der Waals surface area (Å²) >= 11 is 0. The number of hydrogen-bond donors (Lipinski definition) is 1. The second-order valence-electron chi connectivity index (χ2n) is 4.67. The molecule has 0 saturated carbocycles. The first-order valence-electron chi connectivity index (χ1n) is 6.36. The monoisotopic (exact) mass is 268 g/mol. The number of rotatable bonds is 4. The second-order valence-corrected chi connectivity index (χ2v) is 4.67. The van der Waals surface area contributed by atoms with Crippen LogP contribution in [-0.2, 0) is 6.61 Å². The molecular weight excluding hydrogens is 252 g/mol. The standard InChI is InChI=1S/C16H16N2O2/c1-11-3-4-16(15(7-11)12(2)19)20-10-13-5-6-18-14(8-13)9-17/h3-8,12,19H,10H2,1-2H3. The van der Waals surface area contributed by atoms with E-state index in [0.717, 1.165) is 16.7 Å². The maximum atomic E-state index is 9.78. The van der Waals surface area contributed by atoms with Crippen molar-refractivity contribution < 1.29 is 9.84 Å². The zero-order valence-corrected chi connectivity index (χ0v) is 11.5. The van der Waals surface area contributed by atoms with Gasteiger partial charge in [0.1, 0.15) is 24.1 Å². The third-order valence-corrected chi connectivity index (χ3v) is 2.95. The van der Waals surface area contributed by atoms with Gasteiger partial charge in [-0.3, -0.25) is 0 Å². The molecule has 0 aliphatic heterocycles. The predicted molar refractivity (Wildman–Crippen MR) is 75.1 cm³/mol. The van der Waals surface area contributed by atoms with Gasteiger partial charge in [-0.15, -0.1) is 0 Å². The van der Waals surface area contributed by atoms with Gasteiger partial charge in [0.15, 0.2) is 0 Å². The summed E-state index contributed by atoms with van der Waals surface area (Å²) in [5, 5.41) is 18.6. The van der Waals surface area contributed by atoms with Crippen LogP contribution in [0.5, 0.6) is 5.75 Å². The summed E-state index contributed by atoms with van der Waals surface area (Å²) in [6.45, 7) is 4.01. The third-order valence-electron chi connectivity index (χ3n) is 2.95. The number of aliphatic hydroxyl groups excluding tert-OH is 1. The van der Waals surface area contributed by atoms with Crippen LogP contribution in [0.15, 0.2) is 36.5 Å². The minimum Gasteiger partial charge on any atom is -0.489 e. The Morgan fingerprint density at radius 3 is 2.85 bits per heavy atom. The second kappa shape index (κ2) is 6.18. The Balaban J connectivity index is 2.16. The van der Waals surface area contributed by atoms with Crippen molar-refractivity contribution in [2.45, 2.75) is 26.6 Å². The number of aromatic nitrogens is 1. The highest BCUT2D eigenvalue weighted by molar-refractivity contribution is 5.38. The molecule has 4 nitrogen and oxygen atoms in total. The molecule has 2 rings (SSSR count). The average Bonchev–Trinajstić information content (AvgIpc) is 2.46. The molecule has 1 N–H and O–H groups in total. The van der Waals surface area contributed by atoms with E-state index in [0.29, 0.717) is 18.1 Å². The summed E-state index contributed by atoms with van der Waals surface area (Å²) < 4.78 is 5.74. The van der Waals surface area contributed by atoms with Crippen LogP contribution in [-0.4, -0.2) is 10.1 Å². The van der Waals surface area contributed by atoms with Crippen molar-refractivity contribution in [3.63, 3.8) is 0 Å². The number of pyridine rings is 1. The Morgan fingerprint density at radius 2 is 2.15 bits per heavy atom. The van der Waals surface area contributed by atoms with E-state index < -0.39 is 6.10 Å². The lowest BCUT2D eigenvalue weighted by Crippen LogP contribution is -2.02. The molecule has 2 aromatic rings. The van der Waals surface area contributed by atoms with Crippen LogP contribution in [0.1, 0.15) is 35.4 Å². The first-order chi connectivity index (χ1) is 9.60. The molecule has 0 spiro atoms. The number of aliphatic hydroxyl groups is 1. The van der Waals surface area contributed by atoms with Gasteiger partial charge < -0.3 is 9.84 Å². The SMILES string of the molecule is Cc1ccc(OCc2ccnc(C#N)c2)c(C(C)O)c1. The summed E-state index contributed by atoms with van der Waals surface area (Å²) in [6, 6.07) is 11.2. The van der Waals surface area contributed by atoms with E-state index in [-0.39, 0.29) is 0 Å². The highest BCUT2D eigenvalue weighted by Crippen LogP contribution is 2.26. The zero-order valence-electron chi connectivity index (χ0n) is 11.5. The number of nitrogens with zero attached hydrogens (tertiary/aromatic N) is 2. The van der Waals surface area contributed by atoms with Gasteiger partial charge in [-0.1, -0.05) is 11.6 Å². The Kier molecular flexibility index (Phi) is 4.34. The van der Waals surface area contributed by atoms with E-state index >= 15 is 0 Å². The molecule has 1 atom stereocenters. The molecule has 0 aliphatic rings. The molecule has 1 heterocycles. The van der Waals surface area contributed by atoms with Gasteiger partial charge in [0.25, 0.3) is 0 Å². The van der Waals surface area contributed by atoms with E-state index in [1.165, 1.54) is 0 Å². The third kappa shape index (κ3) is 3.34. The topological polar surface area (TPSA) is 66.1 Å². The van der Waals surface area contributed by atoms with Crippen molar-refractivity contribution in [1.29, 1.82) is 5.26 Å². The fourth-order valence-corrected chi connectivity index (χ4v) is 1.91. The van der Waals surface area contributed by atoms with E-state index in [1.54, 1.807) is 25.3 Å². The van der Waals surface area contributed by atoms with E-state index in [9.17, 15) is 5.11 Å². The first-order valence-corrected chi connectivity index (χ1v) is 6.36. The number of hydrogen-bond acceptors (Lipinski definition) is 4. The Morgan fingerprint density at radius 1 is 1.35 bits per heavy atom. The predicted octanol–water partition coefficient (Wildman–Crippen LogP) is 2.89. The summed E-state index contributed by atoms with van der Waals surface area (Å²) in [5.41, 5.74) is 3.07. The lowest BCUT2D eigenvalue weighted by atomic mass is 10.1. The average molecular weight is 268 g/mol. The molecule has 0 aliphatic carbocycles. The Labute approximate surface area is 118 Å². The summed E-state index contributed by atoms with van der Waals surface area (Å²) in [7, 11) is 0. The van der Waals surface area contributed by atoms with Gasteiger partial charge in [-0.25, -0.2) is 4.98 Å². The fraction of sp³-hybridized carbons (Fsp3) is 0.250. The number of aryl methyl sites for hydroxylation is 1. The Hall–Kier alpha value is -2.38. The van der Waals surface area contributed by atoms with Crippen molar-refractivity contribution in [1.82, 2.24) is 4.98 Å². The smallest absolute Gasteiger partial charge is 0.140 e. The molecule has 0 bridgehead atoms. The maximum absolute atomic E-state index is 9.78. The Bertz CT molecular complexity index is 645. The van der Waals surface area contributed by atoms with Crippen LogP contribution >= 0.6 is 0 Å². The number of ether oxygens (including phenoxy) is 1. The van der Waals surface area contributed by atoms with E-state index in [4.69, 9.17) is 10.00 Å². The van der Waals surface area contributed by atoms with Crippen LogP contribution < -0.4 is 4.74 Å². The molecule has 102 valence electrons. The van der Waals surface area contributed by atoms with Crippen molar-refractivity contribution in [2.75, 3.05) is 0 Å². The maximum Gasteiger partial charge on any atom is 0.140 e. The quantitative estimate of drug-likeness (QED) is 0.925. The van der Waals surface area contributed by atoms with Gasteiger partial charge >= 0.3 is 0 Å². The lowest BCUT2D eigenvalue weighted by molar-refractivity contribution is 0.190. The van der Waals surface area contributed by atoms with Crippen LogP contribution in [0.3, 0.4) is 0 Å². The normalized spacial score (nSPS) is 11.7. The highest BCUT2D eigenvalue weighted by Gasteiger charge is 2.09. The van der Waals surface area contributed by atoms with Crippen LogP contribution in [0, 0.1) is 18.3 Å². The molecule has 0 saturated heterocycles. The van der Waals surface area contributed by atoms with Gasteiger partial charge in [-0.05, 0) is 43.7 Å². The molecule has 4 heteroatoms. The van der Waals surface area contributed by atoms with Crippen molar-refractivity contribution in [3.05, 3.63) is 58.9 Å². The van der Waals surface area contributed by atoms with Gasteiger partial charge in [0.2, 0.25) is 0 Å². The van der Waals surface area contributed by atoms with Crippen molar-refractivity contribution >= 4 is 0 Å². The molecule has 0 radical (unpaired) electrons. The highest BCUT2D eigenvalue weighted by atomic mass is 16.5. The molecule has 1 aromatic carbocycles. The largest absolute Gasteiger partial charge is 0.489 e. The minimum atomic E-state index is -0.586. The van der Waals surface area contributed by atoms with Crippen molar-refractivity contribution in [2.24, 2.45) is 0 Å². The van der Waals surface area contributed by atoms with Crippen LogP contribution in [0.4, 0.5) is 0 Å². The fourth-order valence-electron chi connectivity index (χ4n) is 1.91. The number of benzene rings is 1. The van der Waals surface area contributed by atoms with Gasteiger partial charge in [-0.2, -0.15) is 5.26 Å². The summed E-state index contributed by atoms with van der Waals surface area (Å²) in [4.78, 5) is 3.91. The summed E-state index contributed by atoms with van der Waals surface area (Å²) in [6.07, 6.45) is 0.999. The van der Waals surface area contributed by atoms with Crippen molar-refractivity contribution in [3.8, 4) is 11.8 Å². The molecule has 20 heavy (non-hydrogen) atoms. The number of nitriles is 1. The minimum absolute atomic E-state index is 0.333. The molecular formula is C16H16N2O2. The van der Waals surface area contributed by atoms with Gasteiger partial charge in [0, 0.05) is 11.8 Å². The van der Waals surface area contributed by atoms with Crippen LogP contribution in [0.25, 0.3) is 0 Å². The van der Waals surface area contributed by atoms with Crippen LogP contribution in [0.2, 0.25) is 0 Å².